The monoisotopic (exact) mass is 280 g/mol. The van der Waals surface area contributed by atoms with Gasteiger partial charge in [0.05, 0.1) is 11.1 Å². The highest BCUT2D eigenvalue weighted by Gasteiger charge is 2.30. The summed E-state index contributed by atoms with van der Waals surface area (Å²) < 4.78 is 0. The Morgan fingerprint density at radius 1 is 1.47 bits per heavy atom. The molecule has 1 aliphatic rings. The fraction of sp³-hybridized carbons (Fsp3) is 0.667. The van der Waals surface area contributed by atoms with Gasteiger partial charge >= 0.3 is 0 Å². The Kier molecular flexibility index (Phi) is 4.31. The van der Waals surface area contributed by atoms with E-state index in [-0.39, 0.29) is 11.4 Å². The average Bonchev–Trinajstić information content (AvgIpc) is 2.82. The Morgan fingerprint density at radius 3 is 2.79 bits per heavy atom. The number of hydrogen-bond acceptors (Lipinski definition) is 3. The molecule has 2 rings (SSSR count). The zero-order valence-corrected chi connectivity index (χ0v) is 12.9. The second-order valence-corrected chi connectivity index (χ2v) is 6.95. The third-order valence-electron chi connectivity index (χ3n) is 4.40. The molecule has 0 saturated carbocycles. The third-order valence-corrected chi connectivity index (χ3v) is 5.49. The van der Waals surface area contributed by atoms with E-state index in [4.69, 9.17) is 5.73 Å². The molecule has 1 unspecified atom stereocenters. The topological polar surface area (TPSA) is 55.1 Å². The largest absolute Gasteiger partial charge is 0.345 e. The summed E-state index contributed by atoms with van der Waals surface area (Å²) in [5, 5.41) is 5.15. The molecular weight excluding hydrogens is 256 g/mol. The Balaban J connectivity index is 2.18. The van der Waals surface area contributed by atoms with E-state index in [2.05, 4.69) is 19.2 Å². The Morgan fingerprint density at radius 2 is 2.16 bits per heavy atom. The zero-order chi connectivity index (χ0) is 14.0. The first-order chi connectivity index (χ1) is 8.98. The van der Waals surface area contributed by atoms with Gasteiger partial charge in [-0.3, -0.25) is 4.79 Å². The molecule has 0 spiro atoms. The normalized spacial score (nSPS) is 17.9. The first-order valence-electron chi connectivity index (χ1n) is 7.09. The number of fused-ring (bicyclic) bond motifs is 1. The molecule has 1 amide bonds. The summed E-state index contributed by atoms with van der Waals surface area (Å²) in [6.07, 6.45) is 4.62. The molecule has 1 aromatic rings. The molecule has 1 heterocycles. The number of aryl methyl sites for hydroxylation is 1. The van der Waals surface area contributed by atoms with Crippen LogP contribution in [0.2, 0.25) is 0 Å². The van der Waals surface area contributed by atoms with E-state index >= 15 is 0 Å². The van der Waals surface area contributed by atoms with Crippen LogP contribution in [0.5, 0.6) is 0 Å². The van der Waals surface area contributed by atoms with Crippen LogP contribution in [0.4, 0.5) is 0 Å². The van der Waals surface area contributed by atoms with Crippen molar-refractivity contribution in [3.8, 4) is 0 Å². The molecule has 1 aromatic heterocycles. The number of thiophene rings is 1. The maximum absolute atomic E-state index is 12.5. The molecule has 0 aromatic carbocycles. The van der Waals surface area contributed by atoms with Crippen molar-refractivity contribution in [2.24, 2.45) is 11.7 Å². The summed E-state index contributed by atoms with van der Waals surface area (Å²) in [6.45, 7) is 6.67. The second kappa shape index (κ2) is 5.63. The van der Waals surface area contributed by atoms with E-state index < -0.39 is 0 Å². The van der Waals surface area contributed by atoms with Crippen molar-refractivity contribution in [1.29, 1.82) is 0 Å². The quantitative estimate of drug-likeness (QED) is 0.891. The van der Waals surface area contributed by atoms with Crippen molar-refractivity contribution >= 4 is 17.2 Å². The number of rotatable bonds is 4. The highest BCUT2D eigenvalue weighted by atomic mass is 32.1. The van der Waals surface area contributed by atoms with Gasteiger partial charge in [-0.05, 0) is 44.1 Å². The minimum Gasteiger partial charge on any atom is -0.345 e. The van der Waals surface area contributed by atoms with Crippen LogP contribution >= 0.6 is 11.3 Å². The van der Waals surface area contributed by atoms with Crippen molar-refractivity contribution in [3.05, 3.63) is 21.4 Å². The van der Waals surface area contributed by atoms with Gasteiger partial charge in [-0.15, -0.1) is 11.3 Å². The van der Waals surface area contributed by atoms with Crippen LogP contribution in [0.3, 0.4) is 0 Å². The molecule has 4 heteroatoms. The first-order valence-corrected chi connectivity index (χ1v) is 7.97. The van der Waals surface area contributed by atoms with Crippen molar-refractivity contribution in [3.63, 3.8) is 0 Å². The van der Waals surface area contributed by atoms with Crippen LogP contribution in [-0.2, 0) is 12.8 Å². The molecule has 106 valence electrons. The van der Waals surface area contributed by atoms with Crippen LogP contribution in [0.15, 0.2) is 5.38 Å². The molecule has 0 bridgehead atoms. The molecule has 19 heavy (non-hydrogen) atoms. The highest BCUT2D eigenvalue weighted by Crippen LogP contribution is 2.30. The molecule has 1 atom stereocenters. The van der Waals surface area contributed by atoms with Crippen molar-refractivity contribution in [1.82, 2.24) is 5.32 Å². The van der Waals surface area contributed by atoms with Gasteiger partial charge in [0.25, 0.3) is 5.91 Å². The van der Waals surface area contributed by atoms with Gasteiger partial charge in [0.2, 0.25) is 0 Å². The lowest BCUT2D eigenvalue weighted by atomic mass is 9.87. The Labute approximate surface area is 119 Å². The molecular formula is C15H24N2OS. The predicted molar refractivity (Wildman–Crippen MR) is 80.7 cm³/mol. The predicted octanol–water partition coefficient (Wildman–Crippen LogP) is 2.73. The van der Waals surface area contributed by atoms with Gasteiger partial charge in [-0.2, -0.15) is 0 Å². The van der Waals surface area contributed by atoms with Crippen LogP contribution in [-0.4, -0.2) is 18.0 Å². The van der Waals surface area contributed by atoms with Gasteiger partial charge in [0.1, 0.15) is 0 Å². The van der Waals surface area contributed by atoms with E-state index in [9.17, 15) is 4.79 Å². The van der Waals surface area contributed by atoms with Gasteiger partial charge in [0, 0.05) is 16.8 Å². The van der Waals surface area contributed by atoms with Gasteiger partial charge in [-0.1, -0.05) is 13.8 Å². The maximum Gasteiger partial charge on any atom is 0.252 e. The van der Waals surface area contributed by atoms with Gasteiger partial charge in [0.15, 0.2) is 0 Å². The van der Waals surface area contributed by atoms with E-state index in [1.807, 2.05) is 12.3 Å². The zero-order valence-electron chi connectivity index (χ0n) is 12.1. The molecule has 0 radical (unpaired) electrons. The fourth-order valence-electron chi connectivity index (χ4n) is 2.44. The number of hydrogen-bond donors (Lipinski definition) is 2. The number of carbonyl (C=O) groups is 1. The smallest absolute Gasteiger partial charge is 0.252 e. The number of nitrogens with one attached hydrogen (secondary N) is 1. The number of nitrogens with two attached hydrogens (primary N) is 1. The van der Waals surface area contributed by atoms with Crippen LogP contribution in [0.25, 0.3) is 0 Å². The van der Waals surface area contributed by atoms with Gasteiger partial charge in [-0.25, -0.2) is 0 Å². The van der Waals surface area contributed by atoms with Crippen LogP contribution in [0, 0.1) is 5.92 Å². The highest BCUT2D eigenvalue weighted by molar-refractivity contribution is 7.10. The first kappa shape index (κ1) is 14.5. The summed E-state index contributed by atoms with van der Waals surface area (Å²) in [6, 6.07) is 0. The summed E-state index contributed by atoms with van der Waals surface area (Å²) in [4.78, 5) is 13.9. The van der Waals surface area contributed by atoms with Crippen molar-refractivity contribution in [2.75, 3.05) is 6.54 Å². The molecule has 3 nitrogen and oxygen atoms in total. The third kappa shape index (κ3) is 2.84. The molecule has 1 aliphatic carbocycles. The van der Waals surface area contributed by atoms with Gasteiger partial charge < -0.3 is 11.1 Å². The summed E-state index contributed by atoms with van der Waals surface area (Å²) >= 11 is 1.73. The minimum atomic E-state index is -0.333. The van der Waals surface area contributed by atoms with Crippen LogP contribution in [0.1, 0.15) is 54.4 Å². The fourth-order valence-corrected chi connectivity index (χ4v) is 3.57. The summed E-state index contributed by atoms with van der Waals surface area (Å²) in [5.41, 5.74) is 7.65. The molecule has 0 fully saturated rings. The minimum absolute atomic E-state index is 0.0426. The molecule has 3 N–H and O–H groups in total. The molecule has 0 saturated heterocycles. The standard InChI is InChI=1S/C15H24N2OS/c1-10(2)15(3,9-16)17-14(18)12-8-19-13-7-5-4-6-11(12)13/h8,10H,4-7,9,16H2,1-3H3,(H,17,18). The Hall–Kier alpha value is -0.870. The number of amides is 1. The van der Waals surface area contributed by atoms with E-state index in [0.29, 0.717) is 12.5 Å². The lowest BCUT2D eigenvalue weighted by Crippen LogP contribution is -2.55. The SMILES string of the molecule is CC(C)C(C)(CN)NC(=O)c1csc2c1CCCC2. The Bertz CT molecular complexity index is 467. The molecule has 0 aliphatic heterocycles. The average molecular weight is 280 g/mol. The summed E-state index contributed by atoms with van der Waals surface area (Å²) in [7, 11) is 0. The van der Waals surface area contributed by atoms with Crippen molar-refractivity contribution in [2.45, 2.75) is 52.0 Å². The lowest BCUT2D eigenvalue weighted by Gasteiger charge is -2.33. The van der Waals surface area contributed by atoms with E-state index in [0.717, 1.165) is 18.4 Å². The van der Waals surface area contributed by atoms with Crippen molar-refractivity contribution < 1.29 is 4.79 Å². The number of carbonyl (C=O) groups excluding carboxylic acids is 1. The van der Waals surface area contributed by atoms with Crippen LogP contribution < -0.4 is 11.1 Å². The maximum atomic E-state index is 12.5. The van der Waals surface area contributed by atoms with E-state index in [1.54, 1.807) is 11.3 Å². The lowest BCUT2D eigenvalue weighted by molar-refractivity contribution is 0.0882. The second-order valence-electron chi connectivity index (χ2n) is 5.99. The van der Waals surface area contributed by atoms with E-state index in [1.165, 1.54) is 23.3 Å². The summed E-state index contributed by atoms with van der Waals surface area (Å²) in [5.74, 6) is 0.358.